The van der Waals surface area contributed by atoms with Gasteiger partial charge in [0.05, 0.1) is 12.1 Å². The summed E-state index contributed by atoms with van der Waals surface area (Å²) in [5.74, 6) is 0.0632. The molecule has 1 aromatic rings. The molecule has 0 spiro atoms. The Labute approximate surface area is 154 Å². The average molecular weight is 367 g/mol. The standard InChI is InChI=1S/C18H26N4O2.ClH/c1-12(20-17(23)16-4-2-3-11-19-16)13-5-7-14(8-6-13)21-18(24)22-15-9-10-15;/h5-8,12,15-16,19H,2-4,9-11H2,1H3,(H,20,23)(H2,21,22,24);1H. The van der Waals surface area contributed by atoms with Gasteiger partial charge >= 0.3 is 6.03 Å². The van der Waals surface area contributed by atoms with E-state index >= 15 is 0 Å². The van der Waals surface area contributed by atoms with Crippen LogP contribution in [-0.2, 0) is 4.79 Å². The number of urea groups is 1. The highest BCUT2D eigenvalue weighted by atomic mass is 35.5. The van der Waals surface area contributed by atoms with Gasteiger partial charge in [0.25, 0.3) is 0 Å². The Bertz CT molecular complexity index is 583. The molecule has 2 fully saturated rings. The number of hydrogen-bond acceptors (Lipinski definition) is 3. The fourth-order valence-corrected chi connectivity index (χ4v) is 2.91. The molecule has 0 radical (unpaired) electrons. The van der Waals surface area contributed by atoms with Crippen LogP contribution in [0.3, 0.4) is 0 Å². The summed E-state index contributed by atoms with van der Waals surface area (Å²) in [6.45, 7) is 2.89. The number of piperidine rings is 1. The molecule has 2 aliphatic rings. The van der Waals surface area contributed by atoms with Crippen molar-refractivity contribution in [1.82, 2.24) is 16.0 Å². The van der Waals surface area contributed by atoms with E-state index in [0.29, 0.717) is 6.04 Å². The van der Waals surface area contributed by atoms with Crippen LogP contribution in [0.15, 0.2) is 24.3 Å². The fraction of sp³-hybridized carbons (Fsp3) is 0.556. The van der Waals surface area contributed by atoms with Crippen LogP contribution in [0.5, 0.6) is 0 Å². The fourth-order valence-electron chi connectivity index (χ4n) is 2.91. The van der Waals surface area contributed by atoms with Crippen molar-refractivity contribution >= 4 is 30.0 Å². The zero-order chi connectivity index (χ0) is 16.9. The summed E-state index contributed by atoms with van der Waals surface area (Å²) in [6.07, 6.45) is 5.28. The molecule has 4 N–H and O–H groups in total. The van der Waals surface area contributed by atoms with E-state index in [2.05, 4.69) is 21.3 Å². The third-order valence-electron chi connectivity index (χ3n) is 4.57. The number of anilines is 1. The van der Waals surface area contributed by atoms with Crippen molar-refractivity contribution in [2.75, 3.05) is 11.9 Å². The quantitative estimate of drug-likeness (QED) is 0.646. The maximum atomic E-state index is 12.3. The molecule has 2 atom stereocenters. The smallest absolute Gasteiger partial charge is 0.319 e. The second-order valence-electron chi connectivity index (χ2n) is 6.73. The molecule has 1 saturated heterocycles. The van der Waals surface area contributed by atoms with Crippen molar-refractivity contribution in [2.45, 2.75) is 57.2 Å². The molecule has 1 heterocycles. The lowest BCUT2D eigenvalue weighted by molar-refractivity contribution is -0.124. The maximum Gasteiger partial charge on any atom is 0.319 e. The molecular weight excluding hydrogens is 340 g/mol. The third kappa shape index (κ3) is 5.90. The molecule has 3 rings (SSSR count). The van der Waals surface area contributed by atoms with E-state index in [1.54, 1.807) is 0 Å². The second-order valence-corrected chi connectivity index (χ2v) is 6.73. The topological polar surface area (TPSA) is 82.3 Å². The molecule has 25 heavy (non-hydrogen) atoms. The number of carbonyl (C=O) groups excluding carboxylic acids is 2. The van der Waals surface area contributed by atoms with Gasteiger partial charge in [-0.1, -0.05) is 18.6 Å². The number of benzene rings is 1. The Kier molecular flexibility index (Phi) is 7.08. The Morgan fingerprint density at radius 3 is 2.44 bits per heavy atom. The van der Waals surface area contributed by atoms with Gasteiger partial charge in [0.2, 0.25) is 5.91 Å². The molecule has 3 amide bonds. The lowest BCUT2D eigenvalue weighted by Gasteiger charge is -2.24. The highest BCUT2D eigenvalue weighted by Crippen LogP contribution is 2.20. The van der Waals surface area contributed by atoms with E-state index < -0.39 is 0 Å². The Morgan fingerprint density at radius 1 is 1.12 bits per heavy atom. The van der Waals surface area contributed by atoms with Crippen molar-refractivity contribution in [3.05, 3.63) is 29.8 Å². The predicted octanol–water partition coefficient (Wildman–Crippen LogP) is 2.71. The van der Waals surface area contributed by atoms with E-state index in [-0.39, 0.29) is 36.4 Å². The van der Waals surface area contributed by atoms with Crippen LogP contribution in [0.4, 0.5) is 10.5 Å². The van der Waals surface area contributed by atoms with Crippen LogP contribution in [-0.4, -0.2) is 30.6 Å². The number of hydrogen-bond donors (Lipinski definition) is 4. The Morgan fingerprint density at radius 2 is 1.84 bits per heavy atom. The first-order valence-electron chi connectivity index (χ1n) is 8.83. The summed E-state index contributed by atoms with van der Waals surface area (Å²) in [5.41, 5.74) is 1.77. The summed E-state index contributed by atoms with van der Waals surface area (Å²) < 4.78 is 0. The first kappa shape index (κ1) is 19.5. The lowest BCUT2D eigenvalue weighted by Crippen LogP contribution is -2.47. The first-order chi connectivity index (χ1) is 11.6. The van der Waals surface area contributed by atoms with Crippen LogP contribution in [0.2, 0.25) is 0 Å². The third-order valence-corrected chi connectivity index (χ3v) is 4.57. The Balaban J connectivity index is 0.00000225. The minimum absolute atomic E-state index is 0. The molecule has 1 aliphatic heterocycles. The monoisotopic (exact) mass is 366 g/mol. The van der Waals surface area contributed by atoms with Gasteiger partial charge in [0, 0.05) is 11.7 Å². The zero-order valence-electron chi connectivity index (χ0n) is 14.5. The predicted molar refractivity (Wildman–Crippen MR) is 101 cm³/mol. The van der Waals surface area contributed by atoms with Gasteiger partial charge in [-0.25, -0.2) is 4.79 Å². The number of carbonyl (C=O) groups is 2. The number of amides is 3. The van der Waals surface area contributed by atoms with E-state index in [0.717, 1.165) is 49.9 Å². The van der Waals surface area contributed by atoms with E-state index in [9.17, 15) is 9.59 Å². The second kappa shape index (κ2) is 9.06. The van der Waals surface area contributed by atoms with E-state index in [4.69, 9.17) is 0 Å². The Hall–Kier alpha value is -1.79. The molecule has 0 bridgehead atoms. The summed E-state index contributed by atoms with van der Waals surface area (Å²) in [7, 11) is 0. The van der Waals surface area contributed by atoms with Crippen LogP contribution < -0.4 is 21.3 Å². The van der Waals surface area contributed by atoms with Crippen LogP contribution in [0, 0.1) is 0 Å². The minimum Gasteiger partial charge on any atom is -0.348 e. The number of rotatable bonds is 5. The summed E-state index contributed by atoms with van der Waals surface area (Å²) in [6, 6.07) is 7.65. The highest BCUT2D eigenvalue weighted by molar-refractivity contribution is 5.89. The van der Waals surface area contributed by atoms with Gasteiger partial charge in [-0.2, -0.15) is 0 Å². The van der Waals surface area contributed by atoms with Crippen molar-refractivity contribution in [3.63, 3.8) is 0 Å². The lowest BCUT2D eigenvalue weighted by atomic mass is 10.0. The number of nitrogens with one attached hydrogen (secondary N) is 4. The van der Waals surface area contributed by atoms with Gasteiger partial charge in [-0.15, -0.1) is 12.4 Å². The van der Waals surface area contributed by atoms with Gasteiger partial charge in [-0.05, 0) is 56.8 Å². The van der Waals surface area contributed by atoms with Crippen molar-refractivity contribution in [2.24, 2.45) is 0 Å². The molecule has 6 nitrogen and oxygen atoms in total. The van der Waals surface area contributed by atoms with Gasteiger partial charge in [-0.3, -0.25) is 4.79 Å². The maximum absolute atomic E-state index is 12.3. The molecule has 7 heteroatoms. The molecule has 1 aromatic carbocycles. The van der Waals surface area contributed by atoms with Gasteiger partial charge < -0.3 is 21.3 Å². The average Bonchev–Trinajstić information content (AvgIpc) is 3.40. The van der Waals surface area contributed by atoms with Gasteiger partial charge in [0.15, 0.2) is 0 Å². The van der Waals surface area contributed by atoms with E-state index in [1.165, 1.54) is 0 Å². The number of halogens is 1. The molecule has 138 valence electrons. The normalized spacial score (nSPS) is 20.8. The van der Waals surface area contributed by atoms with Crippen molar-refractivity contribution in [3.8, 4) is 0 Å². The molecule has 2 unspecified atom stereocenters. The van der Waals surface area contributed by atoms with Crippen LogP contribution >= 0.6 is 12.4 Å². The zero-order valence-corrected chi connectivity index (χ0v) is 15.3. The first-order valence-corrected chi connectivity index (χ1v) is 8.83. The molecular formula is C18H27ClN4O2. The van der Waals surface area contributed by atoms with Crippen molar-refractivity contribution in [1.29, 1.82) is 0 Å². The summed E-state index contributed by atoms with van der Waals surface area (Å²) in [4.78, 5) is 24.0. The van der Waals surface area contributed by atoms with E-state index in [1.807, 2.05) is 31.2 Å². The van der Waals surface area contributed by atoms with Crippen LogP contribution in [0.1, 0.15) is 50.6 Å². The van der Waals surface area contributed by atoms with Crippen LogP contribution in [0.25, 0.3) is 0 Å². The minimum atomic E-state index is -0.157. The molecule has 1 aliphatic carbocycles. The molecule has 1 saturated carbocycles. The van der Waals surface area contributed by atoms with Crippen molar-refractivity contribution < 1.29 is 9.59 Å². The SMILES string of the molecule is CC(NC(=O)C1CCCCN1)c1ccc(NC(=O)NC2CC2)cc1.Cl. The molecule has 0 aromatic heterocycles. The summed E-state index contributed by atoms with van der Waals surface area (Å²) >= 11 is 0. The largest absolute Gasteiger partial charge is 0.348 e. The highest BCUT2D eigenvalue weighted by Gasteiger charge is 2.23. The summed E-state index contributed by atoms with van der Waals surface area (Å²) in [5, 5.41) is 12.0. The van der Waals surface area contributed by atoms with Gasteiger partial charge in [0.1, 0.15) is 0 Å².